The van der Waals surface area contributed by atoms with Crippen molar-refractivity contribution in [2.24, 2.45) is 0 Å². The van der Waals surface area contributed by atoms with E-state index in [1.54, 1.807) is 48.5 Å². The van der Waals surface area contributed by atoms with Crippen LogP contribution in [0.4, 0.5) is 0 Å². The van der Waals surface area contributed by atoms with Gasteiger partial charge in [0.05, 0.1) is 21.7 Å². The van der Waals surface area contributed by atoms with Gasteiger partial charge in [0.2, 0.25) is 0 Å². The van der Waals surface area contributed by atoms with Crippen LogP contribution in [0.25, 0.3) is 16.5 Å². The molecule has 0 aliphatic rings. The van der Waals surface area contributed by atoms with Gasteiger partial charge in [0.15, 0.2) is 0 Å². The van der Waals surface area contributed by atoms with Crippen molar-refractivity contribution in [3.63, 3.8) is 0 Å². The second kappa shape index (κ2) is 8.54. The Morgan fingerprint density at radius 1 is 0.939 bits per heavy atom. The number of nitrogens with zero attached hydrogens (tertiary/aromatic N) is 1. The zero-order valence-electron chi connectivity index (χ0n) is 18.1. The van der Waals surface area contributed by atoms with Crippen LogP contribution in [0.5, 0.6) is 0 Å². The molecule has 0 unspecified atom stereocenters. The quantitative estimate of drug-likeness (QED) is 0.346. The Labute approximate surface area is 197 Å². The standard InChI is InChI=1S/C26H22ClNO4S/c1-16(2)18-8-11-23(12-9-18)33(31,32)28-24-13-10-22(27)14-21(24)15-25(28)17(3)19-4-6-20(7-5-19)26(29)30/h4-16H,3H2,1-2H3,(H,29,30). The van der Waals surface area contributed by atoms with Gasteiger partial charge in [-0.2, -0.15) is 0 Å². The third-order valence-corrected chi connectivity index (χ3v) is 7.57. The molecule has 0 fully saturated rings. The fraction of sp³-hybridized carbons (Fsp3) is 0.115. The van der Waals surface area contributed by atoms with Crippen LogP contribution in [0.1, 0.15) is 46.9 Å². The van der Waals surface area contributed by atoms with E-state index in [9.17, 15) is 13.2 Å². The van der Waals surface area contributed by atoms with Crippen molar-refractivity contribution in [1.82, 2.24) is 3.97 Å². The molecule has 1 N–H and O–H groups in total. The Hall–Kier alpha value is -3.35. The molecular weight excluding hydrogens is 458 g/mol. The number of rotatable bonds is 6. The summed E-state index contributed by atoms with van der Waals surface area (Å²) >= 11 is 6.17. The van der Waals surface area contributed by atoms with Crippen LogP contribution >= 0.6 is 11.6 Å². The van der Waals surface area contributed by atoms with Crippen LogP contribution in [0.15, 0.2) is 84.3 Å². The highest BCUT2D eigenvalue weighted by Crippen LogP contribution is 2.33. The van der Waals surface area contributed by atoms with E-state index in [1.807, 2.05) is 26.0 Å². The lowest BCUT2D eigenvalue weighted by atomic mass is 10.0. The summed E-state index contributed by atoms with van der Waals surface area (Å²) in [5.41, 5.74) is 3.09. The monoisotopic (exact) mass is 479 g/mol. The van der Waals surface area contributed by atoms with Crippen molar-refractivity contribution in [1.29, 1.82) is 0 Å². The van der Waals surface area contributed by atoms with Crippen LogP contribution < -0.4 is 0 Å². The highest BCUT2D eigenvalue weighted by Gasteiger charge is 2.25. The minimum atomic E-state index is -3.96. The molecule has 168 valence electrons. The predicted octanol–water partition coefficient (Wildman–Crippen LogP) is 6.41. The molecule has 33 heavy (non-hydrogen) atoms. The molecule has 0 saturated heterocycles. The molecule has 3 aromatic carbocycles. The molecule has 0 saturated carbocycles. The van der Waals surface area contributed by atoms with E-state index >= 15 is 0 Å². The highest BCUT2D eigenvalue weighted by molar-refractivity contribution is 7.90. The summed E-state index contributed by atoms with van der Waals surface area (Å²) in [7, 11) is -3.96. The van der Waals surface area contributed by atoms with Crippen LogP contribution in [0.3, 0.4) is 0 Å². The average Bonchev–Trinajstić information content (AvgIpc) is 3.18. The smallest absolute Gasteiger partial charge is 0.335 e. The predicted molar refractivity (Wildman–Crippen MR) is 132 cm³/mol. The molecule has 0 bridgehead atoms. The van der Waals surface area contributed by atoms with Gasteiger partial charge in [-0.15, -0.1) is 0 Å². The first-order valence-corrected chi connectivity index (χ1v) is 12.1. The molecule has 4 aromatic rings. The molecule has 0 spiro atoms. The van der Waals surface area contributed by atoms with Gasteiger partial charge in [-0.05, 0) is 71.1 Å². The van der Waals surface area contributed by atoms with Crippen LogP contribution in [-0.4, -0.2) is 23.5 Å². The van der Waals surface area contributed by atoms with Gasteiger partial charge in [-0.1, -0.05) is 56.3 Å². The number of aromatic carboxylic acids is 1. The molecule has 5 nitrogen and oxygen atoms in total. The fourth-order valence-corrected chi connectivity index (χ4v) is 5.44. The van der Waals surface area contributed by atoms with E-state index in [-0.39, 0.29) is 16.4 Å². The summed E-state index contributed by atoms with van der Waals surface area (Å²) in [6.45, 7) is 8.22. The maximum atomic E-state index is 13.8. The Morgan fingerprint density at radius 2 is 1.55 bits per heavy atom. The number of hydrogen-bond acceptors (Lipinski definition) is 3. The molecule has 7 heteroatoms. The van der Waals surface area contributed by atoms with E-state index in [0.29, 0.717) is 32.8 Å². The number of benzene rings is 3. The van der Waals surface area contributed by atoms with E-state index in [4.69, 9.17) is 16.7 Å². The van der Waals surface area contributed by atoms with E-state index in [0.717, 1.165) is 5.56 Å². The minimum Gasteiger partial charge on any atom is -0.478 e. The van der Waals surface area contributed by atoms with Crippen molar-refractivity contribution in [3.8, 4) is 0 Å². The van der Waals surface area contributed by atoms with E-state index < -0.39 is 16.0 Å². The second-order valence-corrected chi connectivity index (χ2v) is 10.3. The van der Waals surface area contributed by atoms with Crippen molar-refractivity contribution in [2.45, 2.75) is 24.7 Å². The average molecular weight is 480 g/mol. The van der Waals surface area contributed by atoms with E-state index in [1.165, 1.54) is 16.1 Å². The lowest BCUT2D eigenvalue weighted by Crippen LogP contribution is -2.15. The second-order valence-electron chi connectivity index (χ2n) is 8.09. The summed E-state index contributed by atoms with van der Waals surface area (Å²) in [6.07, 6.45) is 0. The third-order valence-electron chi connectivity index (χ3n) is 5.59. The molecule has 4 rings (SSSR count). The maximum Gasteiger partial charge on any atom is 0.335 e. The number of aromatic nitrogens is 1. The van der Waals surface area contributed by atoms with Crippen LogP contribution in [-0.2, 0) is 10.0 Å². The number of hydrogen-bond donors (Lipinski definition) is 1. The van der Waals surface area contributed by atoms with Crippen LogP contribution in [0, 0.1) is 0 Å². The number of halogens is 1. The molecule has 0 aliphatic carbocycles. The van der Waals surface area contributed by atoms with Crippen molar-refractivity contribution < 1.29 is 18.3 Å². The van der Waals surface area contributed by atoms with Gasteiger partial charge >= 0.3 is 5.97 Å². The molecular formula is C26H22ClNO4S. The zero-order valence-corrected chi connectivity index (χ0v) is 19.7. The van der Waals surface area contributed by atoms with E-state index in [2.05, 4.69) is 6.58 Å². The molecule has 0 aliphatic heterocycles. The number of fused-ring (bicyclic) bond motifs is 1. The lowest BCUT2D eigenvalue weighted by Gasteiger charge is -2.15. The SMILES string of the molecule is C=C(c1ccc(C(=O)O)cc1)c1cc2cc(Cl)ccc2n1S(=O)(=O)c1ccc(C(C)C)cc1. The van der Waals surface area contributed by atoms with Gasteiger partial charge in [0, 0.05) is 10.4 Å². The Morgan fingerprint density at radius 3 is 2.12 bits per heavy atom. The van der Waals surface area contributed by atoms with Crippen molar-refractivity contribution >= 4 is 44.1 Å². The topological polar surface area (TPSA) is 76.4 Å². The first kappa shape index (κ1) is 22.8. The molecule has 0 amide bonds. The van der Waals surface area contributed by atoms with Gasteiger partial charge in [0.25, 0.3) is 10.0 Å². The molecule has 1 aromatic heterocycles. The van der Waals surface area contributed by atoms with Crippen molar-refractivity contribution in [2.75, 3.05) is 0 Å². The van der Waals surface area contributed by atoms with Crippen LogP contribution in [0.2, 0.25) is 5.02 Å². The number of carboxylic acids is 1. The van der Waals surface area contributed by atoms with Gasteiger partial charge in [-0.3, -0.25) is 0 Å². The number of carbonyl (C=O) groups is 1. The van der Waals surface area contributed by atoms with Gasteiger partial charge in [0.1, 0.15) is 0 Å². The largest absolute Gasteiger partial charge is 0.478 e. The Balaban J connectivity index is 1.91. The zero-order chi connectivity index (χ0) is 23.9. The minimum absolute atomic E-state index is 0.136. The molecule has 1 heterocycles. The molecule has 0 radical (unpaired) electrons. The van der Waals surface area contributed by atoms with Gasteiger partial charge in [-0.25, -0.2) is 17.2 Å². The fourth-order valence-electron chi connectivity index (χ4n) is 3.72. The Bertz CT molecular complexity index is 1480. The van der Waals surface area contributed by atoms with Gasteiger partial charge < -0.3 is 5.11 Å². The summed E-state index contributed by atoms with van der Waals surface area (Å²) in [4.78, 5) is 11.4. The maximum absolute atomic E-state index is 13.8. The highest BCUT2D eigenvalue weighted by atomic mass is 35.5. The first-order chi connectivity index (χ1) is 15.6. The summed E-state index contributed by atoms with van der Waals surface area (Å²) < 4.78 is 28.8. The summed E-state index contributed by atoms with van der Waals surface area (Å²) in [5, 5.41) is 10.3. The Kier molecular flexibility index (Phi) is 5.91. The normalized spacial score (nSPS) is 11.8. The summed E-state index contributed by atoms with van der Waals surface area (Å²) in [5.74, 6) is -0.760. The third kappa shape index (κ3) is 4.19. The number of carboxylic acid groups (broad SMARTS) is 1. The first-order valence-electron chi connectivity index (χ1n) is 10.3. The lowest BCUT2D eigenvalue weighted by molar-refractivity contribution is 0.0697. The van der Waals surface area contributed by atoms with Crippen molar-refractivity contribution in [3.05, 3.63) is 107 Å². The summed E-state index contributed by atoms with van der Waals surface area (Å²) in [6, 6.07) is 19.8. The molecule has 0 atom stereocenters.